The molecule has 1 unspecified atom stereocenters. The monoisotopic (exact) mass is 317 g/mol. The molecule has 4 rings (SSSR count). The Morgan fingerprint density at radius 1 is 1.45 bits per heavy atom. The van der Waals surface area contributed by atoms with Crippen LogP contribution in [0.15, 0.2) is 29.0 Å². The van der Waals surface area contributed by atoms with Crippen LogP contribution in [0.4, 0.5) is 0 Å². The summed E-state index contributed by atoms with van der Waals surface area (Å²) >= 11 is 1.64. The zero-order chi connectivity index (χ0) is 14.9. The molecule has 0 radical (unpaired) electrons. The number of furan rings is 1. The Hall–Kier alpha value is -1.66. The van der Waals surface area contributed by atoms with Crippen LogP contribution < -0.4 is 5.32 Å². The van der Waals surface area contributed by atoms with Crippen molar-refractivity contribution in [3.63, 3.8) is 0 Å². The average molecular weight is 317 g/mol. The molecule has 116 valence electrons. The Kier molecular flexibility index (Phi) is 3.72. The number of aromatic nitrogens is 1. The van der Waals surface area contributed by atoms with E-state index in [-0.39, 0.29) is 11.9 Å². The molecule has 1 saturated heterocycles. The van der Waals surface area contributed by atoms with Crippen molar-refractivity contribution < 1.29 is 9.21 Å². The van der Waals surface area contributed by atoms with Crippen molar-refractivity contribution >= 4 is 17.2 Å². The fourth-order valence-corrected chi connectivity index (χ4v) is 3.84. The van der Waals surface area contributed by atoms with Crippen molar-refractivity contribution in [2.24, 2.45) is 0 Å². The summed E-state index contributed by atoms with van der Waals surface area (Å²) in [6, 6.07) is 4.25. The molecule has 1 N–H and O–H groups in total. The van der Waals surface area contributed by atoms with Gasteiger partial charge in [0.15, 0.2) is 10.8 Å². The Bertz CT molecular complexity index is 648. The van der Waals surface area contributed by atoms with Gasteiger partial charge in [-0.2, -0.15) is 0 Å². The average Bonchev–Trinajstić information content (AvgIpc) is 2.98. The molecule has 2 aromatic rings. The minimum absolute atomic E-state index is 0.0229. The van der Waals surface area contributed by atoms with Crippen LogP contribution in [0, 0.1) is 0 Å². The third kappa shape index (κ3) is 2.94. The van der Waals surface area contributed by atoms with Gasteiger partial charge in [0.2, 0.25) is 5.91 Å². The Morgan fingerprint density at radius 2 is 2.36 bits per heavy atom. The third-order valence-corrected chi connectivity index (χ3v) is 5.23. The van der Waals surface area contributed by atoms with Crippen molar-refractivity contribution in [1.29, 1.82) is 0 Å². The minimum atomic E-state index is 0.0229. The summed E-state index contributed by atoms with van der Waals surface area (Å²) in [6.45, 7) is 1.78. The van der Waals surface area contributed by atoms with Crippen LogP contribution in [0.1, 0.15) is 30.6 Å². The summed E-state index contributed by atoms with van der Waals surface area (Å²) in [4.78, 5) is 20.2. The summed E-state index contributed by atoms with van der Waals surface area (Å²) in [7, 11) is 0. The highest BCUT2D eigenvalue weighted by molar-refractivity contribution is 7.14. The maximum Gasteiger partial charge on any atom is 0.237 e. The SMILES string of the molecule is O=C(NC1CC1)C1CCCN1Cc1cnc(-c2ccco2)s1. The first-order valence-electron chi connectivity index (χ1n) is 7.82. The van der Waals surface area contributed by atoms with Gasteiger partial charge in [0.1, 0.15) is 0 Å². The lowest BCUT2D eigenvalue weighted by Gasteiger charge is -2.22. The molecule has 1 amide bonds. The number of hydrogen-bond donors (Lipinski definition) is 1. The lowest BCUT2D eigenvalue weighted by molar-refractivity contribution is -0.125. The molecule has 6 heteroatoms. The van der Waals surface area contributed by atoms with Gasteiger partial charge >= 0.3 is 0 Å². The highest BCUT2D eigenvalue weighted by Crippen LogP contribution is 2.29. The van der Waals surface area contributed by atoms with Gasteiger partial charge in [-0.15, -0.1) is 11.3 Å². The summed E-state index contributed by atoms with van der Waals surface area (Å²) in [5.41, 5.74) is 0. The molecule has 3 heterocycles. The van der Waals surface area contributed by atoms with E-state index in [1.807, 2.05) is 18.3 Å². The van der Waals surface area contributed by atoms with E-state index in [0.717, 1.165) is 49.5 Å². The van der Waals surface area contributed by atoms with Crippen molar-refractivity contribution in [1.82, 2.24) is 15.2 Å². The van der Waals surface area contributed by atoms with E-state index in [4.69, 9.17) is 4.42 Å². The number of hydrogen-bond acceptors (Lipinski definition) is 5. The molecule has 0 bridgehead atoms. The molecule has 0 aromatic carbocycles. The highest BCUT2D eigenvalue weighted by Gasteiger charge is 2.34. The zero-order valence-electron chi connectivity index (χ0n) is 12.3. The molecule has 2 aromatic heterocycles. The van der Waals surface area contributed by atoms with Crippen molar-refractivity contribution in [2.75, 3.05) is 6.54 Å². The van der Waals surface area contributed by atoms with Gasteiger partial charge in [0.25, 0.3) is 0 Å². The normalized spacial score (nSPS) is 22.1. The van der Waals surface area contributed by atoms with E-state index in [0.29, 0.717) is 6.04 Å². The van der Waals surface area contributed by atoms with E-state index in [2.05, 4.69) is 15.2 Å². The quantitative estimate of drug-likeness (QED) is 0.921. The Balaban J connectivity index is 1.42. The molecule has 0 spiro atoms. The number of carbonyl (C=O) groups is 1. The lowest BCUT2D eigenvalue weighted by Crippen LogP contribution is -2.43. The summed E-state index contributed by atoms with van der Waals surface area (Å²) in [5, 5.41) is 4.03. The first-order chi connectivity index (χ1) is 10.8. The summed E-state index contributed by atoms with van der Waals surface area (Å²) in [6.07, 6.45) is 7.89. The predicted molar refractivity (Wildman–Crippen MR) is 84.4 cm³/mol. The largest absolute Gasteiger partial charge is 0.462 e. The van der Waals surface area contributed by atoms with Gasteiger partial charge in [-0.1, -0.05) is 0 Å². The third-order valence-electron chi connectivity index (χ3n) is 4.23. The van der Waals surface area contributed by atoms with E-state index in [1.54, 1.807) is 17.6 Å². The highest BCUT2D eigenvalue weighted by atomic mass is 32.1. The molecule has 5 nitrogen and oxygen atoms in total. The first-order valence-corrected chi connectivity index (χ1v) is 8.64. The molecular formula is C16H19N3O2S. The smallest absolute Gasteiger partial charge is 0.237 e. The standard InChI is InChI=1S/C16H19N3O2S/c20-15(18-11-5-6-11)13-3-1-7-19(13)10-12-9-17-16(22-12)14-4-2-8-21-14/h2,4,8-9,11,13H,1,3,5-7,10H2,(H,18,20). The van der Waals surface area contributed by atoms with Crippen LogP contribution in [-0.2, 0) is 11.3 Å². The number of rotatable bonds is 5. The van der Waals surface area contributed by atoms with Gasteiger partial charge in [0.05, 0.1) is 12.3 Å². The molecular weight excluding hydrogens is 298 g/mol. The molecule has 1 aliphatic carbocycles. The Labute approximate surface area is 133 Å². The van der Waals surface area contributed by atoms with E-state index in [9.17, 15) is 4.79 Å². The van der Waals surface area contributed by atoms with Crippen molar-refractivity contribution in [2.45, 2.75) is 44.3 Å². The van der Waals surface area contributed by atoms with E-state index in [1.165, 1.54) is 4.88 Å². The second-order valence-corrected chi connectivity index (χ2v) is 7.14. The number of thiazole rings is 1. The zero-order valence-corrected chi connectivity index (χ0v) is 13.1. The first kappa shape index (κ1) is 14.0. The molecule has 2 fully saturated rings. The van der Waals surface area contributed by atoms with Crippen LogP contribution in [-0.4, -0.2) is 34.4 Å². The molecule has 1 saturated carbocycles. The number of amides is 1. The van der Waals surface area contributed by atoms with Gasteiger partial charge in [0, 0.05) is 23.7 Å². The van der Waals surface area contributed by atoms with Crippen LogP contribution in [0.3, 0.4) is 0 Å². The van der Waals surface area contributed by atoms with Crippen molar-refractivity contribution in [3.05, 3.63) is 29.5 Å². The van der Waals surface area contributed by atoms with E-state index < -0.39 is 0 Å². The maximum absolute atomic E-state index is 12.3. The molecule has 22 heavy (non-hydrogen) atoms. The molecule has 1 atom stereocenters. The van der Waals surface area contributed by atoms with Crippen LogP contribution in [0.2, 0.25) is 0 Å². The second-order valence-electron chi connectivity index (χ2n) is 6.02. The second kappa shape index (κ2) is 5.85. The molecule has 1 aliphatic heterocycles. The van der Waals surface area contributed by atoms with Crippen LogP contribution >= 0.6 is 11.3 Å². The number of nitrogens with one attached hydrogen (secondary N) is 1. The van der Waals surface area contributed by atoms with Gasteiger partial charge in [-0.25, -0.2) is 4.98 Å². The summed E-state index contributed by atoms with van der Waals surface area (Å²) in [5.74, 6) is 1.01. The van der Waals surface area contributed by atoms with Gasteiger partial charge < -0.3 is 9.73 Å². The Morgan fingerprint density at radius 3 is 3.14 bits per heavy atom. The number of nitrogens with zero attached hydrogens (tertiary/aromatic N) is 2. The maximum atomic E-state index is 12.3. The number of carbonyl (C=O) groups excluding carboxylic acids is 1. The predicted octanol–water partition coefficient (Wildman–Crippen LogP) is 2.65. The van der Waals surface area contributed by atoms with Gasteiger partial charge in [-0.05, 0) is 44.4 Å². The van der Waals surface area contributed by atoms with Crippen LogP contribution in [0.5, 0.6) is 0 Å². The van der Waals surface area contributed by atoms with Gasteiger partial charge in [-0.3, -0.25) is 9.69 Å². The van der Waals surface area contributed by atoms with Crippen LogP contribution in [0.25, 0.3) is 10.8 Å². The fraction of sp³-hybridized carbons (Fsp3) is 0.500. The van der Waals surface area contributed by atoms with Crippen molar-refractivity contribution in [3.8, 4) is 10.8 Å². The van der Waals surface area contributed by atoms with E-state index >= 15 is 0 Å². The topological polar surface area (TPSA) is 58.4 Å². The fourth-order valence-electron chi connectivity index (χ4n) is 2.93. The molecule has 2 aliphatic rings. The minimum Gasteiger partial charge on any atom is -0.462 e. The lowest BCUT2D eigenvalue weighted by atomic mass is 10.2. The summed E-state index contributed by atoms with van der Waals surface area (Å²) < 4.78 is 5.38. The number of likely N-dealkylation sites (tertiary alicyclic amines) is 1.